The highest BCUT2D eigenvalue weighted by atomic mass is 35.5. The Morgan fingerprint density at radius 2 is 1.95 bits per heavy atom. The molecule has 1 unspecified atom stereocenters. The van der Waals surface area contributed by atoms with Crippen molar-refractivity contribution in [3.63, 3.8) is 0 Å². The van der Waals surface area contributed by atoms with Gasteiger partial charge in [0, 0.05) is 18.6 Å². The van der Waals surface area contributed by atoms with Crippen molar-refractivity contribution in [1.82, 2.24) is 5.16 Å². The van der Waals surface area contributed by atoms with Crippen LogP contribution >= 0.6 is 11.6 Å². The topological polar surface area (TPSA) is 49.5 Å². The molecule has 1 atom stereocenters. The van der Waals surface area contributed by atoms with Crippen LogP contribution in [0, 0.1) is 13.8 Å². The predicted octanol–water partition coefficient (Wildman–Crippen LogP) is 3.11. The third kappa shape index (κ3) is 3.08. The van der Waals surface area contributed by atoms with Crippen molar-refractivity contribution < 1.29 is 9.63 Å². The lowest BCUT2D eigenvalue weighted by Crippen LogP contribution is -2.25. The van der Waals surface area contributed by atoms with Crippen molar-refractivity contribution in [1.29, 1.82) is 0 Å². The van der Waals surface area contributed by atoms with Crippen molar-refractivity contribution >= 4 is 17.3 Å². The first-order chi connectivity index (χ1) is 8.99. The van der Waals surface area contributed by atoms with Gasteiger partial charge in [-0.15, -0.1) is 0 Å². The number of aryl methyl sites for hydroxylation is 2. The molecule has 0 aliphatic rings. The van der Waals surface area contributed by atoms with Gasteiger partial charge in [0.1, 0.15) is 11.4 Å². The fourth-order valence-electron chi connectivity index (χ4n) is 2.16. The maximum Gasteiger partial charge on any atom is 0.157 e. The van der Waals surface area contributed by atoms with Crippen LogP contribution in [0.2, 0.25) is 5.02 Å². The lowest BCUT2D eigenvalue weighted by Gasteiger charge is -2.22. The quantitative estimate of drug-likeness (QED) is 0.935. The van der Waals surface area contributed by atoms with Crippen LogP contribution in [0.1, 0.15) is 23.1 Å². The number of hydrogen-bond acceptors (Lipinski definition) is 4. The van der Waals surface area contributed by atoms with E-state index in [9.17, 15) is 5.11 Å². The molecule has 102 valence electrons. The molecule has 0 spiro atoms. The Hall–Kier alpha value is -1.52. The van der Waals surface area contributed by atoms with Gasteiger partial charge in [-0.1, -0.05) is 28.9 Å². The van der Waals surface area contributed by atoms with Crippen molar-refractivity contribution in [2.24, 2.45) is 0 Å². The van der Waals surface area contributed by atoms with Crippen molar-refractivity contribution in [2.45, 2.75) is 20.0 Å². The van der Waals surface area contributed by atoms with E-state index >= 15 is 0 Å². The molecule has 4 nitrogen and oxygen atoms in total. The van der Waals surface area contributed by atoms with Crippen LogP contribution in [-0.4, -0.2) is 23.9 Å². The molecule has 0 saturated carbocycles. The lowest BCUT2D eigenvalue weighted by molar-refractivity contribution is 0.185. The molecule has 19 heavy (non-hydrogen) atoms. The minimum atomic E-state index is -0.587. The molecule has 0 saturated heterocycles. The first-order valence-electron chi connectivity index (χ1n) is 6.06. The zero-order valence-corrected chi connectivity index (χ0v) is 12.0. The van der Waals surface area contributed by atoms with Crippen LogP contribution in [-0.2, 0) is 0 Å². The van der Waals surface area contributed by atoms with Crippen LogP contribution in [0.4, 0.5) is 5.69 Å². The number of likely N-dealkylation sites (N-methyl/N-ethyl adjacent to an activating group) is 1. The molecule has 2 rings (SSSR count). The minimum absolute atomic E-state index is 0.463. The highest BCUT2D eigenvalue weighted by molar-refractivity contribution is 6.30. The van der Waals surface area contributed by atoms with Crippen molar-refractivity contribution in [2.75, 3.05) is 18.5 Å². The molecule has 1 aromatic heterocycles. The molecular formula is C14H17ClN2O2. The van der Waals surface area contributed by atoms with E-state index in [4.69, 9.17) is 16.1 Å². The standard InChI is InChI=1S/C14H17ClN2O2/c1-9-14(10(2)19-16-9)17(3)8-13(18)11-4-6-12(15)7-5-11/h4-7,13,18H,8H2,1-3H3. The van der Waals surface area contributed by atoms with Crippen molar-refractivity contribution in [3.05, 3.63) is 46.3 Å². The summed E-state index contributed by atoms with van der Waals surface area (Å²) in [6.45, 7) is 4.21. The highest BCUT2D eigenvalue weighted by Crippen LogP contribution is 2.25. The molecule has 0 amide bonds. The second-order valence-electron chi connectivity index (χ2n) is 4.62. The van der Waals surface area contributed by atoms with E-state index in [1.807, 2.05) is 37.9 Å². The summed E-state index contributed by atoms with van der Waals surface area (Å²) in [5.74, 6) is 0.753. The molecule has 0 bridgehead atoms. The Bertz CT molecular complexity index is 532. The monoisotopic (exact) mass is 280 g/mol. The Labute approximate surface area is 117 Å². The van der Waals surface area contributed by atoms with E-state index < -0.39 is 6.10 Å². The van der Waals surface area contributed by atoms with Crippen LogP contribution in [0.3, 0.4) is 0 Å². The number of hydrogen-bond donors (Lipinski definition) is 1. The Morgan fingerprint density at radius 1 is 1.32 bits per heavy atom. The second-order valence-corrected chi connectivity index (χ2v) is 5.06. The molecule has 0 radical (unpaired) electrons. The number of rotatable bonds is 4. The van der Waals surface area contributed by atoms with Crippen LogP contribution in [0.5, 0.6) is 0 Å². The second kappa shape index (κ2) is 5.63. The summed E-state index contributed by atoms with van der Waals surface area (Å²) in [5, 5.41) is 14.8. The number of benzene rings is 1. The summed E-state index contributed by atoms with van der Waals surface area (Å²) in [7, 11) is 1.91. The Morgan fingerprint density at radius 3 is 2.47 bits per heavy atom. The zero-order valence-electron chi connectivity index (χ0n) is 11.2. The SMILES string of the molecule is Cc1noc(C)c1N(C)CC(O)c1ccc(Cl)cc1. The molecule has 0 aliphatic heterocycles. The van der Waals surface area contributed by atoms with Crippen LogP contribution in [0.15, 0.2) is 28.8 Å². The summed E-state index contributed by atoms with van der Waals surface area (Å²) in [5.41, 5.74) is 2.58. The minimum Gasteiger partial charge on any atom is -0.387 e. The molecule has 0 fully saturated rings. The average Bonchev–Trinajstić information content (AvgIpc) is 2.69. The number of anilines is 1. The molecule has 1 heterocycles. The maximum absolute atomic E-state index is 10.2. The maximum atomic E-state index is 10.2. The first kappa shape index (κ1) is 13.9. The summed E-state index contributed by atoms with van der Waals surface area (Å²) in [4.78, 5) is 1.94. The third-order valence-corrected chi connectivity index (χ3v) is 3.33. The van der Waals surface area contributed by atoms with Gasteiger partial charge in [0.05, 0.1) is 6.10 Å². The van der Waals surface area contributed by atoms with Gasteiger partial charge in [0.15, 0.2) is 5.76 Å². The number of aliphatic hydroxyl groups is 1. The Kier molecular flexibility index (Phi) is 4.12. The van der Waals surface area contributed by atoms with Gasteiger partial charge < -0.3 is 14.5 Å². The van der Waals surface area contributed by atoms with E-state index in [0.717, 1.165) is 22.7 Å². The van der Waals surface area contributed by atoms with Crippen molar-refractivity contribution in [3.8, 4) is 0 Å². The molecular weight excluding hydrogens is 264 g/mol. The van der Waals surface area contributed by atoms with Gasteiger partial charge in [0.25, 0.3) is 0 Å². The Balaban J connectivity index is 2.10. The number of aromatic nitrogens is 1. The van der Waals surface area contributed by atoms with Gasteiger partial charge in [0.2, 0.25) is 0 Å². The largest absolute Gasteiger partial charge is 0.387 e. The molecule has 2 aromatic rings. The van der Waals surface area contributed by atoms with Gasteiger partial charge >= 0.3 is 0 Å². The predicted molar refractivity (Wildman–Crippen MR) is 75.7 cm³/mol. The summed E-state index contributed by atoms with van der Waals surface area (Å²) < 4.78 is 5.13. The number of halogens is 1. The highest BCUT2D eigenvalue weighted by Gasteiger charge is 2.17. The van der Waals surface area contributed by atoms with Crippen LogP contribution in [0.25, 0.3) is 0 Å². The summed E-state index contributed by atoms with van der Waals surface area (Å²) >= 11 is 5.83. The normalized spacial score (nSPS) is 12.5. The molecule has 1 aromatic carbocycles. The van der Waals surface area contributed by atoms with E-state index in [0.29, 0.717) is 11.6 Å². The third-order valence-electron chi connectivity index (χ3n) is 3.08. The van der Waals surface area contributed by atoms with Crippen LogP contribution < -0.4 is 4.90 Å². The summed E-state index contributed by atoms with van der Waals surface area (Å²) in [6.07, 6.45) is -0.587. The average molecular weight is 281 g/mol. The van der Waals surface area contributed by atoms with Gasteiger partial charge in [-0.05, 0) is 31.5 Å². The van der Waals surface area contributed by atoms with E-state index in [-0.39, 0.29) is 0 Å². The van der Waals surface area contributed by atoms with Gasteiger partial charge in [-0.2, -0.15) is 0 Å². The van der Waals surface area contributed by atoms with E-state index in [1.165, 1.54) is 0 Å². The molecule has 0 aliphatic carbocycles. The van der Waals surface area contributed by atoms with Gasteiger partial charge in [-0.25, -0.2) is 0 Å². The van der Waals surface area contributed by atoms with E-state index in [2.05, 4.69) is 5.16 Å². The molecule has 1 N–H and O–H groups in total. The molecule has 5 heteroatoms. The fraction of sp³-hybridized carbons (Fsp3) is 0.357. The zero-order chi connectivity index (χ0) is 14.0. The number of nitrogens with zero attached hydrogens (tertiary/aromatic N) is 2. The van der Waals surface area contributed by atoms with E-state index in [1.54, 1.807) is 12.1 Å². The summed E-state index contributed by atoms with van der Waals surface area (Å²) in [6, 6.07) is 7.20. The van der Waals surface area contributed by atoms with Gasteiger partial charge in [-0.3, -0.25) is 0 Å². The first-order valence-corrected chi connectivity index (χ1v) is 6.44. The lowest BCUT2D eigenvalue weighted by atomic mass is 10.1. The smallest absolute Gasteiger partial charge is 0.157 e. The number of aliphatic hydroxyl groups excluding tert-OH is 1. The fourth-order valence-corrected chi connectivity index (χ4v) is 2.29.